The molecule has 3 unspecified atom stereocenters. The number of carbonyl (C=O) groups is 2. The molecule has 2 rings (SSSR count). The van der Waals surface area contributed by atoms with Gasteiger partial charge in [0.1, 0.15) is 0 Å². The van der Waals surface area contributed by atoms with Crippen LogP contribution in [0.5, 0.6) is 0 Å². The molecule has 2 aliphatic heterocycles. The van der Waals surface area contributed by atoms with Crippen LogP contribution in [0.15, 0.2) is 0 Å². The number of aliphatic carboxylic acids is 1. The van der Waals surface area contributed by atoms with Gasteiger partial charge < -0.3 is 25.2 Å². The summed E-state index contributed by atoms with van der Waals surface area (Å²) in [5.41, 5.74) is -0.331. The van der Waals surface area contributed by atoms with Crippen molar-refractivity contribution in [2.75, 3.05) is 19.8 Å². The maximum absolute atomic E-state index is 11.8. The molecule has 2 amide bonds. The molecule has 0 bridgehead atoms. The number of carboxylic acid groups (broad SMARTS) is 1. The van der Waals surface area contributed by atoms with Gasteiger partial charge in [0.15, 0.2) is 6.10 Å². The Bertz CT molecular complexity index is 368. The Morgan fingerprint density at radius 3 is 2.80 bits per heavy atom. The summed E-state index contributed by atoms with van der Waals surface area (Å²) in [7, 11) is 0. The molecule has 0 aromatic rings. The zero-order chi connectivity index (χ0) is 14.6. The van der Waals surface area contributed by atoms with E-state index in [-0.39, 0.29) is 17.7 Å². The van der Waals surface area contributed by atoms with Gasteiger partial charge >= 0.3 is 12.0 Å². The van der Waals surface area contributed by atoms with Crippen molar-refractivity contribution in [3.05, 3.63) is 0 Å². The zero-order valence-electron chi connectivity index (χ0n) is 11.7. The highest BCUT2D eigenvalue weighted by Crippen LogP contribution is 2.20. The summed E-state index contributed by atoms with van der Waals surface area (Å²) in [6.45, 7) is 3.54. The van der Waals surface area contributed by atoms with Crippen LogP contribution in [0.1, 0.15) is 32.6 Å². The highest BCUT2D eigenvalue weighted by atomic mass is 16.5. The molecular weight excluding hydrogens is 264 g/mol. The van der Waals surface area contributed by atoms with Crippen molar-refractivity contribution >= 4 is 12.0 Å². The topological polar surface area (TPSA) is 96.9 Å². The summed E-state index contributed by atoms with van der Waals surface area (Å²) in [6, 6.07) is -0.264. The minimum atomic E-state index is -0.941. The number of ether oxygens (including phenoxy) is 2. The van der Waals surface area contributed by atoms with Crippen LogP contribution in [-0.2, 0) is 14.3 Å². The molecule has 3 N–H and O–H groups in total. The minimum absolute atomic E-state index is 0.225. The normalized spacial score (nSPS) is 33.6. The lowest BCUT2D eigenvalue weighted by Crippen LogP contribution is -2.55. The summed E-state index contributed by atoms with van der Waals surface area (Å²) < 4.78 is 10.7. The summed E-state index contributed by atoms with van der Waals surface area (Å²) >= 11 is 0. The predicted octanol–water partition coefficient (Wildman–Crippen LogP) is 0.487. The van der Waals surface area contributed by atoms with Crippen LogP contribution in [0.4, 0.5) is 4.79 Å². The fraction of sp³-hybridized carbons (Fsp3) is 0.846. The van der Waals surface area contributed by atoms with Crippen LogP contribution in [-0.4, -0.2) is 54.6 Å². The monoisotopic (exact) mass is 286 g/mol. The van der Waals surface area contributed by atoms with Gasteiger partial charge in [-0.05, 0) is 32.6 Å². The Hall–Kier alpha value is -1.34. The smallest absolute Gasteiger partial charge is 0.332 e. The second-order valence-electron chi connectivity index (χ2n) is 5.71. The summed E-state index contributed by atoms with van der Waals surface area (Å²) in [5, 5.41) is 14.5. The summed E-state index contributed by atoms with van der Waals surface area (Å²) in [6.07, 6.45) is 2.00. The van der Waals surface area contributed by atoms with E-state index in [1.807, 2.05) is 6.92 Å². The molecule has 20 heavy (non-hydrogen) atoms. The number of amides is 2. The van der Waals surface area contributed by atoms with Crippen molar-refractivity contribution < 1.29 is 24.2 Å². The average molecular weight is 286 g/mol. The standard InChI is InChI=1S/C13H22N2O5/c1-13(5-2-6-19-8-13)15-12(18)14-7-9-3-4-10(20-9)11(16)17/h9-10H,2-8H2,1H3,(H,16,17)(H2,14,15,18). The molecule has 0 spiro atoms. The molecule has 7 heteroatoms. The van der Waals surface area contributed by atoms with Gasteiger partial charge in [0.05, 0.1) is 18.2 Å². The average Bonchev–Trinajstić information content (AvgIpc) is 2.85. The van der Waals surface area contributed by atoms with E-state index in [1.54, 1.807) is 0 Å². The number of rotatable bonds is 4. The van der Waals surface area contributed by atoms with E-state index in [2.05, 4.69) is 10.6 Å². The largest absolute Gasteiger partial charge is 0.479 e. The number of hydrogen-bond acceptors (Lipinski definition) is 4. The van der Waals surface area contributed by atoms with E-state index in [0.29, 0.717) is 26.0 Å². The molecule has 0 aliphatic carbocycles. The highest BCUT2D eigenvalue weighted by Gasteiger charge is 2.32. The molecule has 0 aromatic heterocycles. The Labute approximate surface area is 118 Å². The van der Waals surface area contributed by atoms with Gasteiger partial charge in [-0.3, -0.25) is 0 Å². The second kappa shape index (κ2) is 6.41. The summed E-state index contributed by atoms with van der Waals surface area (Å²) in [5.74, 6) is -0.941. The first kappa shape index (κ1) is 15.1. The van der Waals surface area contributed by atoms with Crippen LogP contribution >= 0.6 is 0 Å². The first-order chi connectivity index (χ1) is 9.48. The molecule has 0 aromatic carbocycles. The van der Waals surface area contributed by atoms with Crippen LogP contribution in [0, 0.1) is 0 Å². The fourth-order valence-electron chi connectivity index (χ4n) is 2.59. The Morgan fingerprint density at radius 2 is 2.20 bits per heavy atom. The molecule has 2 saturated heterocycles. The van der Waals surface area contributed by atoms with E-state index >= 15 is 0 Å². The first-order valence-electron chi connectivity index (χ1n) is 7.00. The van der Waals surface area contributed by atoms with E-state index < -0.39 is 12.1 Å². The van der Waals surface area contributed by atoms with E-state index in [4.69, 9.17) is 14.6 Å². The molecule has 7 nitrogen and oxygen atoms in total. The molecule has 0 saturated carbocycles. The van der Waals surface area contributed by atoms with Crippen molar-refractivity contribution in [3.63, 3.8) is 0 Å². The Morgan fingerprint density at radius 1 is 1.40 bits per heavy atom. The van der Waals surface area contributed by atoms with Gasteiger partial charge in [0.2, 0.25) is 0 Å². The van der Waals surface area contributed by atoms with Crippen molar-refractivity contribution in [2.24, 2.45) is 0 Å². The van der Waals surface area contributed by atoms with Crippen molar-refractivity contribution in [1.82, 2.24) is 10.6 Å². The van der Waals surface area contributed by atoms with E-state index in [0.717, 1.165) is 19.4 Å². The third-order valence-electron chi connectivity index (χ3n) is 3.73. The van der Waals surface area contributed by atoms with Gasteiger partial charge in [0, 0.05) is 13.2 Å². The van der Waals surface area contributed by atoms with E-state index in [9.17, 15) is 9.59 Å². The first-order valence-corrected chi connectivity index (χ1v) is 7.00. The Kier molecular flexibility index (Phi) is 4.82. The number of carbonyl (C=O) groups excluding carboxylic acids is 1. The van der Waals surface area contributed by atoms with Gasteiger partial charge in [-0.15, -0.1) is 0 Å². The van der Waals surface area contributed by atoms with Gasteiger partial charge in [-0.1, -0.05) is 0 Å². The van der Waals surface area contributed by atoms with Crippen molar-refractivity contribution in [2.45, 2.75) is 50.4 Å². The number of urea groups is 1. The molecule has 2 fully saturated rings. The van der Waals surface area contributed by atoms with Crippen molar-refractivity contribution in [1.29, 1.82) is 0 Å². The third kappa shape index (κ3) is 4.08. The quantitative estimate of drug-likeness (QED) is 0.698. The minimum Gasteiger partial charge on any atom is -0.479 e. The molecule has 0 radical (unpaired) electrons. The Balaban J connectivity index is 1.69. The lowest BCUT2D eigenvalue weighted by atomic mass is 9.95. The molecular formula is C13H22N2O5. The molecule has 3 atom stereocenters. The zero-order valence-corrected chi connectivity index (χ0v) is 11.7. The van der Waals surface area contributed by atoms with Gasteiger partial charge in [-0.25, -0.2) is 9.59 Å². The number of nitrogens with one attached hydrogen (secondary N) is 2. The third-order valence-corrected chi connectivity index (χ3v) is 3.73. The van der Waals surface area contributed by atoms with Crippen LogP contribution in [0.25, 0.3) is 0 Å². The van der Waals surface area contributed by atoms with Crippen LogP contribution < -0.4 is 10.6 Å². The lowest BCUT2D eigenvalue weighted by molar-refractivity contribution is -0.149. The van der Waals surface area contributed by atoms with Crippen LogP contribution in [0.2, 0.25) is 0 Å². The maximum Gasteiger partial charge on any atom is 0.332 e. The van der Waals surface area contributed by atoms with Gasteiger partial charge in [-0.2, -0.15) is 0 Å². The lowest BCUT2D eigenvalue weighted by Gasteiger charge is -2.34. The predicted molar refractivity (Wildman–Crippen MR) is 70.5 cm³/mol. The number of hydrogen-bond donors (Lipinski definition) is 3. The number of carboxylic acids is 1. The summed E-state index contributed by atoms with van der Waals surface area (Å²) in [4.78, 5) is 22.6. The maximum atomic E-state index is 11.8. The highest BCUT2D eigenvalue weighted by molar-refractivity contribution is 5.75. The molecule has 2 heterocycles. The SMILES string of the molecule is CC1(NC(=O)NCC2CCC(C(=O)O)O2)CCCOC1. The molecule has 2 aliphatic rings. The van der Waals surface area contributed by atoms with Crippen LogP contribution in [0.3, 0.4) is 0 Å². The molecule has 114 valence electrons. The van der Waals surface area contributed by atoms with Crippen molar-refractivity contribution in [3.8, 4) is 0 Å². The van der Waals surface area contributed by atoms with Gasteiger partial charge in [0.25, 0.3) is 0 Å². The van der Waals surface area contributed by atoms with E-state index in [1.165, 1.54) is 0 Å². The fourth-order valence-corrected chi connectivity index (χ4v) is 2.59. The second-order valence-corrected chi connectivity index (χ2v) is 5.71.